The van der Waals surface area contributed by atoms with Gasteiger partial charge in [-0.15, -0.1) is 10.2 Å². The summed E-state index contributed by atoms with van der Waals surface area (Å²) >= 11 is 1.13. The summed E-state index contributed by atoms with van der Waals surface area (Å²) in [4.78, 5) is 12.3. The Balaban J connectivity index is 1.72. The zero-order valence-corrected chi connectivity index (χ0v) is 14.3. The molecule has 0 aliphatic heterocycles. The van der Waals surface area contributed by atoms with E-state index in [0.717, 1.165) is 11.3 Å². The van der Waals surface area contributed by atoms with Gasteiger partial charge in [-0.1, -0.05) is 23.5 Å². The topological polar surface area (TPSA) is 77.2 Å². The van der Waals surface area contributed by atoms with Crippen LogP contribution in [0.1, 0.15) is 0 Å². The van der Waals surface area contributed by atoms with Gasteiger partial charge in [0.2, 0.25) is 5.13 Å². The fourth-order valence-electron chi connectivity index (χ4n) is 2.44. The van der Waals surface area contributed by atoms with Gasteiger partial charge >= 0.3 is 5.63 Å². The van der Waals surface area contributed by atoms with E-state index in [2.05, 4.69) is 15.5 Å². The number of benzene rings is 2. The van der Waals surface area contributed by atoms with Crippen LogP contribution in [0, 0.1) is 5.82 Å². The first-order valence-corrected chi connectivity index (χ1v) is 8.43. The van der Waals surface area contributed by atoms with Gasteiger partial charge < -0.3 is 14.5 Å². The molecule has 4 aromatic rings. The lowest BCUT2D eigenvalue weighted by Crippen LogP contribution is -2.02. The standard InChI is InChI=1S/C18H12FN3O3S/c1-24-11-6-7-15-10(8-11)9-12(17(23)25-15)16-21-22-18(26-16)20-14-5-3-2-4-13(14)19/h2-9H,1H3,(H,20,22). The normalized spacial score (nSPS) is 10.8. The Labute approximate surface area is 150 Å². The molecule has 2 aromatic heterocycles. The van der Waals surface area contributed by atoms with Gasteiger partial charge in [-0.3, -0.25) is 0 Å². The van der Waals surface area contributed by atoms with E-state index in [9.17, 15) is 9.18 Å². The van der Waals surface area contributed by atoms with E-state index >= 15 is 0 Å². The highest BCUT2D eigenvalue weighted by atomic mass is 32.1. The van der Waals surface area contributed by atoms with Crippen molar-refractivity contribution in [3.05, 3.63) is 64.8 Å². The zero-order chi connectivity index (χ0) is 18.1. The highest BCUT2D eigenvalue weighted by Crippen LogP contribution is 2.29. The predicted molar refractivity (Wildman–Crippen MR) is 97.6 cm³/mol. The summed E-state index contributed by atoms with van der Waals surface area (Å²) in [7, 11) is 1.56. The van der Waals surface area contributed by atoms with Gasteiger partial charge in [-0.25, -0.2) is 9.18 Å². The molecule has 0 saturated carbocycles. The third kappa shape index (κ3) is 3.02. The Bertz CT molecular complexity index is 1160. The maximum Gasteiger partial charge on any atom is 0.346 e. The summed E-state index contributed by atoms with van der Waals surface area (Å²) in [5, 5.41) is 12.3. The number of hydrogen-bond donors (Lipinski definition) is 1. The van der Waals surface area contributed by atoms with E-state index in [-0.39, 0.29) is 11.3 Å². The first-order valence-electron chi connectivity index (χ1n) is 7.61. The van der Waals surface area contributed by atoms with Gasteiger partial charge in [0.05, 0.1) is 18.4 Å². The number of para-hydroxylation sites is 1. The quantitative estimate of drug-likeness (QED) is 0.543. The minimum Gasteiger partial charge on any atom is -0.497 e. The molecule has 0 spiro atoms. The van der Waals surface area contributed by atoms with Crippen molar-refractivity contribution in [3.63, 3.8) is 0 Å². The van der Waals surface area contributed by atoms with Crippen molar-refractivity contribution >= 4 is 33.1 Å². The number of hydrogen-bond acceptors (Lipinski definition) is 7. The summed E-state index contributed by atoms with van der Waals surface area (Å²) in [6, 6.07) is 13.1. The summed E-state index contributed by atoms with van der Waals surface area (Å²) in [5.74, 6) is 0.248. The number of methoxy groups -OCH3 is 1. The summed E-state index contributed by atoms with van der Waals surface area (Å²) < 4.78 is 24.3. The summed E-state index contributed by atoms with van der Waals surface area (Å²) in [5.41, 5.74) is 0.500. The van der Waals surface area contributed by atoms with Crippen molar-refractivity contribution in [1.29, 1.82) is 0 Å². The SMILES string of the molecule is COc1ccc2oc(=O)c(-c3nnc(Nc4ccccc4F)s3)cc2c1. The molecule has 0 aliphatic carbocycles. The smallest absolute Gasteiger partial charge is 0.346 e. The van der Waals surface area contributed by atoms with E-state index in [1.807, 2.05) is 0 Å². The van der Waals surface area contributed by atoms with Gasteiger partial charge in [0.15, 0.2) is 5.01 Å². The third-order valence-corrected chi connectivity index (χ3v) is 4.58. The number of fused-ring (bicyclic) bond motifs is 1. The lowest BCUT2D eigenvalue weighted by molar-refractivity contribution is 0.415. The van der Waals surface area contributed by atoms with Crippen LogP contribution in [0.25, 0.3) is 21.5 Å². The predicted octanol–water partition coefficient (Wildman–Crippen LogP) is 4.20. The fraction of sp³-hybridized carbons (Fsp3) is 0.0556. The number of anilines is 2. The lowest BCUT2D eigenvalue weighted by Gasteiger charge is -2.03. The Morgan fingerprint density at radius 2 is 2.00 bits per heavy atom. The monoisotopic (exact) mass is 369 g/mol. The molecule has 0 unspecified atom stereocenters. The van der Waals surface area contributed by atoms with Crippen molar-refractivity contribution in [2.75, 3.05) is 12.4 Å². The number of ether oxygens (including phenoxy) is 1. The molecule has 0 bridgehead atoms. The summed E-state index contributed by atoms with van der Waals surface area (Å²) in [6.45, 7) is 0. The number of aromatic nitrogens is 2. The molecule has 0 atom stereocenters. The van der Waals surface area contributed by atoms with Crippen molar-refractivity contribution in [2.24, 2.45) is 0 Å². The Morgan fingerprint density at radius 1 is 1.15 bits per heavy atom. The van der Waals surface area contributed by atoms with Crippen molar-refractivity contribution < 1.29 is 13.5 Å². The summed E-state index contributed by atoms with van der Waals surface area (Å²) in [6.07, 6.45) is 0. The molecule has 4 rings (SSSR count). The second kappa shape index (κ2) is 6.57. The molecule has 26 heavy (non-hydrogen) atoms. The van der Waals surface area contributed by atoms with E-state index in [0.29, 0.717) is 26.9 Å². The second-order valence-electron chi connectivity index (χ2n) is 5.37. The van der Waals surface area contributed by atoms with Crippen LogP contribution in [0.15, 0.2) is 57.7 Å². The minimum absolute atomic E-state index is 0.282. The molecule has 6 nitrogen and oxygen atoms in total. The highest BCUT2D eigenvalue weighted by Gasteiger charge is 2.14. The molecule has 0 radical (unpaired) electrons. The molecular formula is C18H12FN3O3S. The zero-order valence-electron chi connectivity index (χ0n) is 13.5. The van der Waals surface area contributed by atoms with Gasteiger partial charge in [-0.05, 0) is 36.4 Å². The van der Waals surface area contributed by atoms with Gasteiger partial charge in [-0.2, -0.15) is 0 Å². The second-order valence-corrected chi connectivity index (χ2v) is 6.35. The van der Waals surface area contributed by atoms with Crippen LogP contribution >= 0.6 is 11.3 Å². The molecule has 0 fully saturated rings. The fourth-order valence-corrected chi connectivity index (χ4v) is 3.20. The molecule has 0 saturated heterocycles. The van der Waals surface area contributed by atoms with Crippen LogP contribution in [-0.2, 0) is 0 Å². The van der Waals surface area contributed by atoms with Crippen molar-refractivity contribution in [3.8, 4) is 16.3 Å². The van der Waals surface area contributed by atoms with Crippen LogP contribution in [0.4, 0.5) is 15.2 Å². The first kappa shape index (κ1) is 16.2. The Kier molecular flexibility index (Phi) is 4.10. The van der Waals surface area contributed by atoms with Crippen molar-refractivity contribution in [1.82, 2.24) is 10.2 Å². The maximum atomic E-state index is 13.7. The number of nitrogens with zero attached hydrogens (tertiary/aromatic N) is 2. The molecule has 8 heteroatoms. The maximum absolute atomic E-state index is 13.7. The van der Waals surface area contributed by atoms with Gasteiger partial charge in [0.25, 0.3) is 0 Å². The molecule has 2 heterocycles. The van der Waals surface area contributed by atoms with Crippen LogP contribution in [-0.4, -0.2) is 17.3 Å². The molecule has 1 N–H and O–H groups in total. The van der Waals surface area contributed by atoms with E-state index in [1.165, 1.54) is 6.07 Å². The molecule has 0 aliphatic rings. The first-order chi connectivity index (χ1) is 12.6. The van der Waals surface area contributed by atoms with Crippen LogP contribution in [0.2, 0.25) is 0 Å². The third-order valence-electron chi connectivity index (χ3n) is 3.71. The van der Waals surface area contributed by atoms with Crippen LogP contribution in [0.3, 0.4) is 0 Å². The number of nitrogens with one attached hydrogen (secondary N) is 1. The highest BCUT2D eigenvalue weighted by molar-refractivity contribution is 7.18. The molecular weight excluding hydrogens is 357 g/mol. The average molecular weight is 369 g/mol. The van der Waals surface area contributed by atoms with Crippen LogP contribution < -0.4 is 15.7 Å². The van der Waals surface area contributed by atoms with Gasteiger partial charge in [0, 0.05) is 5.39 Å². The number of halogens is 1. The molecule has 2 aromatic carbocycles. The minimum atomic E-state index is -0.517. The molecule has 130 valence electrons. The largest absolute Gasteiger partial charge is 0.497 e. The van der Waals surface area contributed by atoms with Crippen molar-refractivity contribution in [2.45, 2.75) is 0 Å². The molecule has 0 amide bonds. The number of rotatable bonds is 4. The van der Waals surface area contributed by atoms with Gasteiger partial charge in [0.1, 0.15) is 17.1 Å². The van der Waals surface area contributed by atoms with Crippen LogP contribution in [0.5, 0.6) is 5.75 Å². The van der Waals surface area contributed by atoms with E-state index in [1.54, 1.807) is 49.6 Å². The van der Waals surface area contributed by atoms with E-state index < -0.39 is 11.4 Å². The average Bonchev–Trinajstić information content (AvgIpc) is 3.11. The van der Waals surface area contributed by atoms with E-state index in [4.69, 9.17) is 9.15 Å². The lowest BCUT2D eigenvalue weighted by atomic mass is 10.2. The Hall–Kier alpha value is -3.26. The Morgan fingerprint density at radius 3 is 2.81 bits per heavy atom.